The van der Waals surface area contributed by atoms with Gasteiger partial charge in [-0.15, -0.1) is 0 Å². The lowest BCUT2D eigenvalue weighted by atomic mass is 10.1. The zero-order valence-electron chi connectivity index (χ0n) is 18.1. The molecule has 1 heterocycles. The van der Waals surface area contributed by atoms with Crippen LogP contribution in [0.15, 0.2) is 41.3 Å². The SMILES string of the molecule is COc1ccc(S(=O)(=O)C2CCN(C(=O)c3ccc(OC)c(OC)c3OC)CC2)cc1. The van der Waals surface area contributed by atoms with Gasteiger partial charge in [0.15, 0.2) is 21.3 Å². The molecule has 1 amide bonds. The van der Waals surface area contributed by atoms with Crippen molar-refractivity contribution in [3.63, 3.8) is 0 Å². The highest BCUT2D eigenvalue weighted by Crippen LogP contribution is 2.40. The van der Waals surface area contributed by atoms with Gasteiger partial charge in [0.1, 0.15) is 5.75 Å². The number of rotatable bonds is 7. The van der Waals surface area contributed by atoms with Gasteiger partial charge >= 0.3 is 0 Å². The summed E-state index contributed by atoms with van der Waals surface area (Å²) in [6.07, 6.45) is 0.714. The number of carbonyl (C=O) groups excluding carboxylic acids is 1. The molecule has 0 N–H and O–H groups in total. The van der Waals surface area contributed by atoms with Crippen molar-refractivity contribution in [2.24, 2.45) is 0 Å². The number of amides is 1. The molecule has 0 unspecified atom stereocenters. The molecule has 0 aliphatic carbocycles. The van der Waals surface area contributed by atoms with Gasteiger partial charge in [0.05, 0.1) is 44.1 Å². The summed E-state index contributed by atoms with van der Waals surface area (Å²) in [5, 5.41) is -0.544. The average Bonchev–Trinajstić information content (AvgIpc) is 2.82. The van der Waals surface area contributed by atoms with Crippen LogP contribution in [-0.4, -0.2) is 66.0 Å². The molecule has 2 aromatic carbocycles. The van der Waals surface area contributed by atoms with Crippen molar-refractivity contribution < 1.29 is 32.2 Å². The Kier molecular flexibility index (Phi) is 6.94. The maximum absolute atomic E-state index is 13.1. The van der Waals surface area contributed by atoms with Crippen LogP contribution in [0.1, 0.15) is 23.2 Å². The average molecular weight is 450 g/mol. The molecule has 0 spiro atoms. The molecule has 168 valence electrons. The van der Waals surface area contributed by atoms with E-state index in [2.05, 4.69) is 0 Å². The predicted octanol–water partition coefficient (Wildman–Crippen LogP) is 2.80. The maximum Gasteiger partial charge on any atom is 0.257 e. The molecule has 0 aromatic heterocycles. The van der Waals surface area contributed by atoms with Crippen LogP contribution in [0.5, 0.6) is 23.0 Å². The smallest absolute Gasteiger partial charge is 0.257 e. The fraction of sp³-hybridized carbons (Fsp3) is 0.409. The monoisotopic (exact) mass is 449 g/mol. The highest BCUT2D eigenvalue weighted by Gasteiger charge is 2.34. The second kappa shape index (κ2) is 9.47. The molecular weight excluding hydrogens is 422 g/mol. The van der Waals surface area contributed by atoms with Gasteiger partial charge in [-0.1, -0.05) is 0 Å². The fourth-order valence-electron chi connectivity index (χ4n) is 3.77. The Morgan fingerprint density at radius 2 is 1.45 bits per heavy atom. The van der Waals surface area contributed by atoms with Crippen LogP contribution in [0.25, 0.3) is 0 Å². The Bertz CT molecular complexity index is 1030. The fourth-order valence-corrected chi connectivity index (χ4v) is 5.50. The van der Waals surface area contributed by atoms with Crippen molar-refractivity contribution in [3.8, 4) is 23.0 Å². The third-order valence-corrected chi connectivity index (χ3v) is 7.77. The summed E-state index contributed by atoms with van der Waals surface area (Å²) in [4.78, 5) is 15.0. The molecule has 1 fully saturated rings. The number of carbonyl (C=O) groups is 1. The van der Waals surface area contributed by atoms with Crippen LogP contribution in [-0.2, 0) is 9.84 Å². The standard InChI is InChI=1S/C22H27NO7S/c1-27-15-5-7-16(8-6-15)31(25,26)17-11-13-23(14-12-17)22(24)18-9-10-19(28-2)21(30-4)20(18)29-3/h5-10,17H,11-14H2,1-4H3. The van der Waals surface area contributed by atoms with Gasteiger partial charge in [-0.3, -0.25) is 4.79 Å². The highest BCUT2D eigenvalue weighted by atomic mass is 32.2. The molecule has 31 heavy (non-hydrogen) atoms. The van der Waals surface area contributed by atoms with E-state index in [1.54, 1.807) is 41.3 Å². The van der Waals surface area contributed by atoms with Crippen molar-refractivity contribution in [3.05, 3.63) is 42.0 Å². The van der Waals surface area contributed by atoms with E-state index in [0.717, 1.165) is 0 Å². The summed E-state index contributed by atoms with van der Waals surface area (Å²) in [5.74, 6) is 1.45. The predicted molar refractivity (Wildman–Crippen MR) is 115 cm³/mol. The van der Waals surface area contributed by atoms with Gasteiger partial charge < -0.3 is 23.8 Å². The van der Waals surface area contributed by atoms with Crippen LogP contribution in [0.3, 0.4) is 0 Å². The zero-order valence-corrected chi connectivity index (χ0v) is 18.9. The van der Waals surface area contributed by atoms with E-state index in [9.17, 15) is 13.2 Å². The van der Waals surface area contributed by atoms with E-state index in [0.29, 0.717) is 54.5 Å². The van der Waals surface area contributed by atoms with E-state index < -0.39 is 15.1 Å². The molecule has 3 rings (SSSR count). The molecule has 1 aliphatic heterocycles. The Labute approximate surface area is 182 Å². The lowest BCUT2D eigenvalue weighted by Crippen LogP contribution is -2.42. The molecule has 1 aliphatic rings. The van der Waals surface area contributed by atoms with Crippen LogP contribution < -0.4 is 18.9 Å². The van der Waals surface area contributed by atoms with Crippen LogP contribution in [0.2, 0.25) is 0 Å². The van der Waals surface area contributed by atoms with Gasteiger partial charge in [0, 0.05) is 13.1 Å². The second-order valence-corrected chi connectivity index (χ2v) is 9.32. The first-order valence-corrected chi connectivity index (χ1v) is 11.4. The number of likely N-dealkylation sites (tertiary alicyclic amines) is 1. The van der Waals surface area contributed by atoms with Crippen molar-refractivity contribution in [1.82, 2.24) is 4.90 Å². The number of hydrogen-bond donors (Lipinski definition) is 0. The largest absolute Gasteiger partial charge is 0.497 e. The van der Waals surface area contributed by atoms with E-state index >= 15 is 0 Å². The second-order valence-electron chi connectivity index (χ2n) is 7.09. The van der Waals surface area contributed by atoms with Crippen LogP contribution >= 0.6 is 0 Å². The number of piperidine rings is 1. The Balaban J connectivity index is 1.75. The van der Waals surface area contributed by atoms with Gasteiger partial charge in [0.25, 0.3) is 5.91 Å². The van der Waals surface area contributed by atoms with Gasteiger partial charge in [0.2, 0.25) is 5.75 Å². The van der Waals surface area contributed by atoms with Crippen molar-refractivity contribution in [2.45, 2.75) is 23.0 Å². The van der Waals surface area contributed by atoms with E-state index in [-0.39, 0.29) is 10.8 Å². The van der Waals surface area contributed by atoms with Gasteiger partial charge in [-0.25, -0.2) is 8.42 Å². The third-order valence-electron chi connectivity index (χ3n) is 5.49. The molecule has 1 saturated heterocycles. The molecule has 9 heteroatoms. The number of nitrogens with zero attached hydrogens (tertiary/aromatic N) is 1. The molecule has 0 bridgehead atoms. The topological polar surface area (TPSA) is 91.4 Å². The molecular formula is C22H27NO7S. The van der Waals surface area contributed by atoms with Gasteiger partial charge in [-0.2, -0.15) is 0 Å². The number of benzene rings is 2. The lowest BCUT2D eigenvalue weighted by Gasteiger charge is -2.32. The quantitative estimate of drug-likeness (QED) is 0.642. The van der Waals surface area contributed by atoms with Crippen LogP contribution in [0.4, 0.5) is 0 Å². The highest BCUT2D eigenvalue weighted by molar-refractivity contribution is 7.92. The number of hydrogen-bond acceptors (Lipinski definition) is 7. The Morgan fingerprint density at radius 1 is 0.839 bits per heavy atom. The first-order chi connectivity index (χ1) is 14.9. The minimum Gasteiger partial charge on any atom is -0.497 e. The molecule has 8 nitrogen and oxygen atoms in total. The number of ether oxygens (including phenoxy) is 4. The first-order valence-electron chi connectivity index (χ1n) is 9.83. The Hall–Kier alpha value is -2.94. The molecule has 2 aromatic rings. The minimum atomic E-state index is -3.49. The normalized spacial score (nSPS) is 14.8. The maximum atomic E-state index is 13.1. The molecule has 0 radical (unpaired) electrons. The summed E-state index contributed by atoms with van der Waals surface area (Å²) in [7, 11) is 2.49. The van der Waals surface area contributed by atoms with Crippen molar-refractivity contribution >= 4 is 15.7 Å². The zero-order chi connectivity index (χ0) is 22.6. The first kappa shape index (κ1) is 22.7. The Morgan fingerprint density at radius 3 is 1.97 bits per heavy atom. The van der Waals surface area contributed by atoms with E-state index in [4.69, 9.17) is 18.9 Å². The summed E-state index contributed by atoms with van der Waals surface area (Å²) >= 11 is 0. The number of methoxy groups -OCH3 is 4. The van der Waals surface area contributed by atoms with Crippen molar-refractivity contribution in [1.29, 1.82) is 0 Å². The minimum absolute atomic E-state index is 0.238. The van der Waals surface area contributed by atoms with Crippen molar-refractivity contribution in [2.75, 3.05) is 41.5 Å². The molecule has 0 saturated carbocycles. The van der Waals surface area contributed by atoms with Crippen LogP contribution in [0, 0.1) is 0 Å². The lowest BCUT2D eigenvalue weighted by molar-refractivity contribution is 0.0721. The number of sulfone groups is 1. The third kappa shape index (κ3) is 4.41. The summed E-state index contributed by atoms with van der Waals surface area (Å²) in [6, 6.07) is 9.66. The van der Waals surface area contributed by atoms with Gasteiger partial charge in [-0.05, 0) is 49.2 Å². The molecule has 0 atom stereocenters. The summed E-state index contributed by atoms with van der Waals surface area (Å²) < 4.78 is 47.1. The summed E-state index contributed by atoms with van der Waals surface area (Å²) in [5.41, 5.74) is 0.344. The summed E-state index contributed by atoms with van der Waals surface area (Å²) in [6.45, 7) is 0.659. The van der Waals surface area contributed by atoms with E-state index in [1.165, 1.54) is 28.4 Å². The van der Waals surface area contributed by atoms with E-state index in [1.807, 2.05) is 0 Å².